The Morgan fingerprint density at radius 2 is 1.73 bits per heavy atom. The Kier molecular flexibility index (Phi) is 4.86. The molecule has 0 saturated carbocycles. The van der Waals surface area contributed by atoms with E-state index in [2.05, 4.69) is 4.98 Å². The molecule has 1 fully saturated rings. The van der Waals surface area contributed by atoms with Gasteiger partial charge in [-0.3, -0.25) is 14.5 Å². The summed E-state index contributed by atoms with van der Waals surface area (Å²) >= 11 is 0. The van der Waals surface area contributed by atoms with Crippen molar-refractivity contribution in [3.63, 3.8) is 0 Å². The molecule has 0 bridgehead atoms. The first-order valence-electron chi connectivity index (χ1n) is 10.6. The van der Waals surface area contributed by atoms with E-state index in [0.29, 0.717) is 16.8 Å². The largest absolute Gasteiger partial charge is 0.507 e. The van der Waals surface area contributed by atoms with Crippen LogP contribution in [-0.2, 0) is 9.59 Å². The number of H-pyrrole nitrogens is 1. The molecular formula is C27H21FN2O3. The van der Waals surface area contributed by atoms with E-state index < -0.39 is 23.5 Å². The Labute approximate surface area is 189 Å². The van der Waals surface area contributed by atoms with Crippen molar-refractivity contribution in [1.82, 2.24) is 4.98 Å². The monoisotopic (exact) mass is 440 g/mol. The number of fused-ring (bicyclic) bond motifs is 1. The number of aryl methyl sites for hydroxylation is 2. The molecule has 1 aliphatic rings. The minimum atomic E-state index is -0.883. The second kappa shape index (κ2) is 7.74. The van der Waals surface area contributed by atoms with Crippen molar-refractivity contribution in [2.24, 2.45) is 0 Å². The van der Waals surface area contributed by atoms with Crippen molar-refractivity contribution in [1.29, 1.82) is 0 Å². The minimum Gasteiger partial charge on any atom is -0.507 e. The van der Waals surface area contributed by atoms with Crippen LogP contribution >= 0.6 is 0 Å². The fraction of sp³-hybridized carbons (Fsp3) is 0.111. The molecule has 1 atom stereocenters. The molecule has 0 radical (unpaired) electrons. The number of ketones is 1. The summed E-state index contributed by atoms with van der Waals surface area (Å²) in [6.07, 6.45) is 1.74. The van der Waals surface area contributed by atoms with Gasteiger partial charge in [-0.15, -0.1) is 0 Å². The SMILES string of the molecule is Cc1ccc(C)c(/C(O)=C2\C(=O)C(=O)N(c3ccc(F)cc3)C2c2c[nH]c3ccccc23)c1. The lowest BCUT2D eigenvalue weighted by Crippen LogP contribution is -2.29. The zero-order valence-electron chi connectivity index (χ0n) is 18.1. The highest BCUT2D eigenvalue weighted by molar-refractivity contribution is 6.51. The number of nitrogens with zero attached hydrogens (tertiary/aromatic N) is 1. The summed E-state index contributed by atoms with van der Waals surface area (Å²) in [5.41, 5.74) is 4.07. The number of aromatic amines is 1. The van der Waals surface area contributed by atoms with Gasteiger partial charge in [-0.2, -0.15) is 0 Å². The van der Waals surface area contributed by atoms with Gasteiger partial charge in [0.05, 0.1) is 11.6 Å². The molecule has 33 heavy (non-hydrogen) atoms. The van der Waals surface area contributed by atoms with Gasteiger partial charge in [0, 0.05) is 33.9 Å². The quantitative estimate of drug-likeness (QED) is 0.249. The highest BCUT2D eigenvalue weighted by Gasteiger charge is 2.47. The van der Waals surface area contributed by atoms with E-state index in [1.165, 1.54) is 29.2 Å². The van der Waals surface area contributed by atoms with Crippen LogP contribution in [-0.4, -0.2) is 21.8 Å². The molecule has 1 unspecified atom stereocenters. The van der Waals surface area contributed by atoms with E-state index in [1.54, 1.807) is 12.3 Å². The molecule has 6 heteroatoms. The molecule has 4 aromatic rings. The number of halogens is 1. The Morgan fingerprint density at radius 3 is 2.48 bits per heavy atom. The molecule has 5 nitrogen and oxygen atoms in total. The Bertz CT molecular complexity index is 1450. The lowest BCUT2D eigenvalue weighted by atomic mass is 9.93. The van der Waals surface area contributed by atoms with Crippen LogP contribution in [0.3, 0.4) is 0 Å². The summed E-state index contributed by atoms with van der Waals surface area (Å²) in [4.78, 5) is 31.1. The fourth-order valence-corrected chi connectivity index (χ4v) is 4.45. The van der Waals surface area contributed by atoms with E-state index in [9.17, 15) is 19.1 Å². The van der Waals surface area contributed by atoms with E-state index in [-0.39, 0.29) is 11.3 Å². The van der Waals surface area contributed by atoms with E-state index >= 15 is 0 Å². The highest BCUT2D eigenvalue weighted by Crippen LogP contribution is 2.44. The molecule has 1 aliphatic heterocycles. The summed E-state index contributed by atoms with van der Waals surface area (Å²) in [6, 6.07) is 17.6. The molecule has 0 aliphatic carbocycles. The fourth-order valence-electron chi connectivity index (χ4n) is 4.45. The highest BCUT2D eigenvalue weighted by atomic mass is 19.1. The van der Waals surface area contributed by atoms with Gasteiger partial charge < -0.3 is 10.1 Å². The number of anilines is 1. The number of aromatic nitrogens is 1. The van der Waals surface area contributed by atoms with Gasteiger partial charge in [0.1, 0.15) is 11.6 Å². The second-order valence-corrected chi connectivity index (χ2v) is 8.25. The predicted octanol–water partition coefficient (Wildman–Crippen LogP) is 5.55. The summed E-state index contributed by atoms with van der Waals surface area (Å²) < 4.78 is 13.6. The normalized spacial score (nSPS) is 17.8. The summed E-state index contributed by atoms with van der Waals surface area (Å²) in [5, 5.41) is 12.2. The maximum atomic E-state index is 13.6. The number of hydrogen-bond acceptors (Lipinski definition) is 3. The average Bonchev–Trinajstić information content (AvgIpc) is 3.34. The topological polar surface area (TPSA) is 73.4 Å². The Morgan fingerprint density at radius 1 is 1.00 bits per heavy atom. The average molecular weight is 440 g/mol. The van der Waals surface area contributed by atoms with Crippen molar-refractivity contribution >= 4 is 34.0 Å². The van der Waals surface area contributed by atoms with E-state index in [0.717, 1.165) is 22.0 Å². The number of para-hydroxylation sites is 1. The van der Waals surface area contributed by atoms with Crippen LogP contribution in [0.15, 0.2) is 78.5 Å². The zero-order valence-corrected chi connectivity index (χ0v) is 18.1. The maximum absolute atomic E-state index is 13.6. The molecular weight excluding hydrogens is 419 g/mol. The van der Waals surface area contributed by atoms with Crippen LogP contribution in [0.2, 0.25) is 0 Å². The smallest absolute Gasteiger partial charge is 0.300 e. The van der Waals surface area contributed by atoms with Crippen LogP contribution in [0.4, 0.5) is 10.1 Å². The molecule has 1 amide bonds. The van der Waals surface area contributed by atoms with Crippen LogP contribution < -0.4 is 4.90 Å². The van der Waals surface area contributed by atoms with Crippen molar-refractivity contribution < 1.29 is 19.1 Å². The number of benzene rings is 3. The third-order valence-electron chi connectivity index (χ3n) is 6.11. The van der Waals surface area contributed by atoms with E-state index in [4.69, 9.17) is 0 Å². The number of nitrogens with one attached hydrogen (secondary N) is 1. The second-order valence-electron chi connectivity index (χ2n) is 8.25. The summed E-state index contributed by atoms with van der Waals surface area (Å²) in [6.45, 7) is 3.73. The number of Topliss-reactive ketones (excluding diaryl/α,β-unsaturated/α-hetero) is 1. The van der Waals surface area contributed by atoms with Crippen molar-refractivity contribution in [3.8, 4) is 0 Å². The first-order valence-corrected chi connectivity index (χ1v) is 10.6. The van der Waals surface area contributed by atoms with Gasteiger partial charge in [-0.05, 0) is 55.8 Å². The van der Waals surface area contributed by atoms with Gasteiger partial charge in [0.2, 0.25) is 0 Å². The molecule has 164 valence electrons. The first kappa shape index (κ1) is 20.7. The molecule has 3 aromatic carbocycles. The molecule has 2 N–H and O–H groups in total. The number of aliphatic hydroxyl groups excluding tert-OH is 1. The Hall–Kier alpha value is -4.19. The lowest BCUT2D eigenvalue weighted by molar-refractivity contribution is -0.132. The number of carbonyl (C=O) groups excluding carboxylic acids is 2. The van der Waals surface area contributed by atoms with Crippen LogP contribution in [0, 0.1) is 19.7 Å². The molecule has 2 heterocycles. The minimum absolute atomic E-state index is 0.00257. The first-order chi connectivity index (χ1) is 15.9. The van der Waals surface area contributed by atoms with Crippen LogP contribution in [0.1, 0.15) is 28.3 Å². The van der Waals surface area contributed by atoms with E-state index in [1.807, 2.05) is 50.2 Å². The van der Waals surface area contributed by atoms with Crippen molar-refractivity contribution in [2.45, 2.75) is 19.9 Å². The van der Waals surface area contributed by atoms with Gasteiger partial charge in [0.25, 0.3) is 11.7 Å². The third-order valence-corrected chi connectivity index (χ3v) is 6.11. The summed E-state index contributed by atoms with van der Waals surface area (Å²) in [7, 11) is 0. The molecule has 1 aromatic heterocycles. The summed E-state index contributed by atoms with van der Waals surface area (Å²) in [5.74, 6) is -2.24. The van der Waals surface area contributed by atoms with Crippen molar-refractivity contribution in [3.05, 3.63) is 107 Å². The molecule has 1 saturated heterocycles. The standard InChI is InChI=1S/C27H21FN2O3/c1-15-7-8-16(2)20(13-15)25(31)23-24(21-14-29-22-6-4-3-5-19(21)22)30(27(33)26(23)32)18-11-9-17(28)10-12-18/h3-14,24,29,31H,1-2H3/b25-23+. The number of hydrogen-bond donors (Lipinski definition) is 2. The van der Waals surface area contributed by atoms with Gasteiger partial charge in [0.15, 0.2) is 0 Å². The van der Waals surface area contributed by atoms with Crippen LogP contribution in [0.5, 0.6) is 0 Å². The maximum Gasteiger partial charge on any atom is 0.300 e. The molecule has 0 spiro atoms. The molecule has 5 rings (SSSR count). The number of aliphatic hydroxyl groups is 1. The van der Waals surface area contributed by atoms with Crippen LogP contribution in [0.25, 0.3) is 16.7 Å². The van der Waals surface area contributed by atoms with Gasteiger partial charge >= 0.3 is 0 Å². The number of amides is 1. The third kappa shape index (κ3) is 3.31. The Balaban J connectivity index is 1.80. The van der Waals surface area contributed by atoms with Gasteiger partial charge in [-0.25, -0.2) is 4.39 Å². The zero-order chi connectivity index (χ0) is 23.3. The van der Waals surface area contributed by atoms with Gasteiger partial charge in [-0.1, -0.05) is 35.9 Å². The van der Waals surface area contributed by atoms with Crippen molar-refractivity contribution in [2.75, 3.05) is 4.90 Å². The number of carbonyl (C=O) groups is 2. The number of rotatable bonds is 3. The lowest BCUT2D eigenvalue weighted by Gasteiger charge is -2.25. The predicted molar refractivity (Wildman–Crippen MR) is 125 cm³/mol.